The Balaban J connectivity index is 2.01. The third-order valence-electron chi connectivity index (χ3n) is 3.29. The molecule has 1 aromatic heterocycles. The van der Waals surface area contributed by atoms with Gasteiger partial charge in [0.15, 0.2) is 0 Å². The van der Waals surface area contributed by atoms with Gasteiger partial charge in [-0.15, -0.1) is 0 Å². The lowest BCUT2D eigenvalue weighted by atomic mass is 10.2. The maximum absolute atomic E-state index is 5.33. The highest BCUT2D eigenvalue weighted by Gasteiger charge is 2.04. The summed E-state index contributed by atoms with van der Waals surface area (Å²) >= 11 is 0. The molecule has 2 N–H and O–H groups in total. The van der Waals surface area contributed by atoms with E-state index in [4.69, 9.17) is 4.74 Å². The van der Waals surface area contributed by atoms with Crippen LogP contribution in [0, 0.1) is 0 Å². The Bertz CT molecular complexity index is 574. The zero-order valence-corrected chi connectivity index (χ0v) is 12.8. The van der Waals surface area contributed by atoms with Crippen LogP contribution in [-0.2, 0) is 6.54 Å². The minimum absolute atomic E-state index is 0.391. The van der Waals surface area contributed by atoms with Gasteiger partial charge in [0.1, 0.15) is 11.6 Å². The van der Waals surface area contributed by atoms with Gasteiger partial charge in [0.2, 0.25) is 5.95 Å². The molecule has 0 aliphatic heterocycles. The number of para-hydroxylation sites is 1. The molecule has 1 aromatic carbocycles. The van der Waals surface area contributed by atoms with E-state index in [0.717, 1.165) is 23.6 Å². The first-order valence-corrected chi connectivity index (χ1v) is 7.18. The van der Waals surface area contributed by atoms with Crippen LogP contribution in [0.2, 0.25) is 0 Å². The van der Waals surface area contributed by atoms with Crippen molar-refractivity contribution in [2.24, 2.45) is 0 Å². The lowest BCUT2D eigenvalue weighted by molar-refractivity contribution is 0.410. The third kappa shape index (κ3) is 4.34. The SMILES string of the molecule is CCC(C)Nc1ccnc(NCc2ccccc2OC)n1. The number of hydrogen-bond donors (Lipinski definition) is 2. The van der Waals surface area contributed by atoms with Gasteiger partial charge in [-0.25, -0.2) is 4.98 Å². The monoisotopic (exact) mass is 286 g/mol. The van der Waals surface area contributed by atoms with E-state index in [0.29, 0.717) is 18.5 Å². The molecule has 0 spiro atoms. The maximum Gasteiger partial charge on any atom is 0.224 e. The lowest BCUT2D eigenvalue weighted by Gasteiger charge is -2.13. The molecule has 1 heterocycles. The van der Waals surface area contributed by atoms with Gasteiger partial charge >= 0.3 is 0 Å². The summed E-state index contributed by atoms with van der Waals surface area (Å²) in [4.78, 5) is 8.70. The Morgan fingerprint density at radius 1 is 1.24 bits per heavy atom. The first kappa shape index (κ1) is 15.1. The third-order valence-corrected chi connectivity index (χ3v) is 3.29. The van der Waals surface area contributed by atoms with Crippen molar-refractivity contribution in [3.63, 3.8) is 0 Å². The molecule has 0 radical (unpaired) electrons. The molecule has 1 unspecified atom stereocenters. The predicted octanol–water partition coefficient (Wildman–Crippen LogP) is 3.31. The van der Waals surface area contributed by atoms with Crippen molar-refractivity contribution in [1.82, 2.24) is 9.97 Å². The molecule has 0 bridgehead atoms. The fourth-order valence-electron chi connectivity index (χ4n) is 1.90. The van der Waals surface area contributed by atoms with Crippen molar-refractivity contribution < 1.29 is 4.74 Å². The van der Waals surface area contributed by atoms with Crippen LogP contribution >= 0.6 is 0 Å². The van der Waals surface area contributed by atoms with Crippen LogP contribution in [0.3, 0.4) is 0 Å². The topological polar surface area (TPSA) is 59.1 Å². The van der Waals surface area contributed by atoms with E-state index in [-0.39, 0.29) is 0 Å². The zero-order chi connectivity index (χ0) is 15.1. The van der Waals surface area contributed by atoms with E-state index in [2.05, 4.69) is 34.4 Å². The molecule has 5 heteroatoms. The number of aromatic nitrogens is 2. The van der Waals surface area contributed by atoms with E-state index >= 15 is 0 Å². The van der Waals surface area contributed by atoms with Crippen LogP contribution in [0.1, 0.15) is 25.8 Å². The first-order valence-electron chi connectivity index (χ1n) is 7.18. The fraction of sp³-hybridized carbons (Fsp3) is 0.375. The van der Waals surface area contributed by atoms with Gasteiger partial charge in [-0.3, -0.25) is 0 Å². The van der Waals surface area contributed by atoms with Gasteiger partial charge in [-0.2, -0.15) is 4.98 Å². The van der Waals surface area contributed by atoms with Crippen LogP contribution in [0.4, 0.5) is 11.8 Å². The molecule has 112 valence electrons. The fourth-order valence-corrected chi connectivity index (χ4v) is 1.90. The Kier molecular flexibility index (Phi) is 5.37. The number of rotatable bonds is 7. The van der Waals surface area contributed by atoms with Gasteiger partial charge in [0.05, 0.1) is 7.11 Å². The second-order valence-corrected chi connectivity index (χ2v) is 4.88. The Hall–Kier alpha value is -2.30. The summed E-state index contributed by atoms with van der Waals surface area (Å²) in [6.45, 7) is 4.89. The van der Waals surface area contributed by atoms with Gasteiger partial charge < -0.3 is 15.4 Å². The first-order chi connectivity index (χ1) is 10.2. The molecular formula is C16H22N4O. The average molecular weight is 286 g/mol. The molecule has 5 nitrogen and oxygen atoms in total. The zero-order valence-electron chi connectivity index (χ0n) is 12.8. The summed E-state index contributed by atoms with van der Waals surface area (Å²) in [5.41, 5.74) is 1.07. The van der Waals surface area contributed by atoms with Crippen LogP contribution < -0.4 is 15.4 Å². The molecule has 0 saturated heterocycles. The van der Waals surface area contributed by atoms with Gasteiger partial charge in [0.25, 0.3) is 0 Å². The van der Waals surface area contributed by atoms with Gasteiger partial charge in [0, 0.05) is 24.3 Å². The Morgan fingerprint density at radius 3 is 2.81 bits per heavy atom. The number of ether oxygens (including phenoxy) is 1. The van der Waals surface area contributed by atoms with Crippen molar-refractivity contribution in [2.45, 2.75) is 32.9 Å². The quantitative estimate of drug-likeness (QED) is 0.817. The molecule has 0 aliphatic carbocycles. The largest absolute Gasteiger partial charge is 0.496 e. The normalized spacial score (nSPS) is 11.8. The summed E-state index contributed by atoms with van der Waals surface area (Å²) in [7, 11) is 1.67. The summed E-state index contributed by atoms with van der Waals surface area (Å²) in [6.07, 6.45) is 2.80. The summed E-state index contributed by atoms with van der Waals surface area (Å²) in [5, 5.41) is 6.56. The Morgan fingerprint density at radius 2 is 2.05 bits per heavy atom. The summed E-state index contributed by atoms with van der Waals surface area (Å²) < 4.78 is 5.33. The summed E-state index contributed by atoms with van der Waals surface area (Å²) in [6, 6.07) is 10.2. The second-order valence-electron chi connectivity index (χ2n) is 4.88. The number of anilines is 2. The van der Waals surface area contributed by atoms with Gasteiger partial charge in [-0.05, 0) is 25.5 Å². The Labute approximate surface area is 125 Å². The van der Waals surface area contributed by atoms with Crippen molar-refractivity contribution in [1.29, 1.82) is 0 Å². The second kappa shape index (κ2) is 7.47. The number of benzene rings is 1. The molecule has 0 amide bonds. The molecular weight excluding hydrogens is 264 g/mol. The van der Waals surface area contributed by atoms with Crippen molar-refractivity contribution >= 4 is 11.8 Å². The summed E-state index contributed by atoms with van der Waals surface area (Å²) in [5.74, 6) is 2.30. The molecule has 2 rings (SSSR count). The highest BCUT2D eigenvalue weighted by Crippen LogP contribution is 2.18. The minimum Gasteiger partial charge on any atom is -0.496 e. The van der Waals surface area contributed by atoms with Crippen LogP contribution in [-0.4, -0.2) is 23.1 Å². The van der Waals surface area contributed by atoms with Crippen molar-refractivity contribution in [2.75, 3.05) is 17.7 Å². The highest BCUT2D eigenvalue weighted by molar-refractivity contribution is 5.42. The highest BCUT2D eigenvalue weighted by atomic mass is 16.5. The molecule has 0 fully saturated rings. The van der Waals surface area contributed by atoms with Crippen molar-refractivity contribution in [3.8, 4) is 5.75 Å². The number of nitrogens with one attached hydrogen (secondary N) is 2. The number of nitrogens with zero attached hydrogens (tertiary/aromatic N) is 2. The molecule has 0 saturated carbocycles. The maximum atomic E-state index is 5.33. The molecule has 1 atom stereocenters. The standard InChI is InChI=1S/C16H22N4O/c1-4-12(2)19-15-9-10-17-16(20-15)18-11-13-7-5-6-8-14(13)21-3/h5-10,12H,4,11H2,1-3H3,(H2,17,18,19,20). The molecule has 21 heavy (non-hydrogen) atoms. The number of methoxy groups -OCH3 is 1. The van der Waals surface area contributed by atoms with E-state index in [1.54, 1.807) is 13.3 Å². The average Bonchev–Trinajstić information content (AvgIpc) is 2.53. The molecule has 2 aromatic rings. The van der Waals surface area contributed by atoms with Crippen LogP contribution in [0.15, 0.2) is 36.5 Å². The smallest absolute Gasteiger partial charge is 0.224 e. The molecule has 0 aliphatic rings. The lowest BCUT2D eigenvalue weighted by Crippen LogP contribution is -2.15. The van der Waals surface area contributed by atoms with E-state index in [1.165, 1.54) is 0 Å². The van der Waals surface area contributed by atoms with Crippen LogP contribution in [0.25, 0.3) is 0 Å². The minimum atomic E-state index is 0.391. The van der Waals surface area contributed by atoms with E-state index in [1.807, 2.05) is 30.3 Å². The van der Waals surface area contributed by atoms with E-state index < -0.39 is 0 Å². The van der Waals surface area contributed by atoms with Crippen LogP contribution in [0.5, 0.6) is 5.75 Å². The predicted molar refractivity (Wildman–Crippen MR) is 85.7 cm³/mol. The van der Waals surface area contributed by atoms with E-state index in [9.17, 15) is 0 Å². The van der Waals surface area contributed by atoms with Gasteiger partial charge in [-0.1, -0.05) is 25.1 Å². The van der Waals surface area contributed by atoms with Crippen molar-refractivity contribution in [3.05, 3.63) is 42.1 Å². The number of hydrogen-bond acceptors (Lipinski definition) is 5.